The van der Waals surface area contributed by atoms with Gasteiger partial charge < -0.3 is 9.47 Å². The summed E-state index contributed by atoms with van der Waals surface area (Å²) in [7, 11) is 3.13. The number of hydrogen-bond donors (Lipinski definition) is 0. The lowest BCUT2D eigenvalue weighted by atomic mass is 10.2. The predicted molar refractivity (Wildman–Crippen MR) is 134 cm³/mol. The summed E-state index contributed by atoms with van der Waals surface area (Å²) < 4.78 is 11.7. The van der Waals surface area contributed by atoms with Gasteiger partial charge in [0.25, 0.3) is 11.6 Å². The molecule has 0 bridgehead atoms. The molecule has 0 unspecified atom stereocenters. The first-order valence-corrected chi connectivity index (χ1v) is 11.3. The van der Waals surface area contributed by atoms with Gasteiger partial charge in [-0.15, -0.1) is 0 Å². The summed E-state index contributed by atoms with van der Waals surface area (Å²) in [4.78, 5) is 34.9. The number of non-ortho nitro benzene ring substituents is 1. The van der Waals surface area contributed by atoms with Gasteiger partial charge in [-0.3, -0.25) is 14.9 Å². The van der Waals surface area contributed by atoms with E-state index < -0.39 is 4.92 Å². The van der Waals surface area contributed by atoms with Gasteiger partial charge >= 0.3 is 0 Å². The maximum Gasteiger partial charge on any atom is 0.284 e. The Labute approximate surface area is 203 Å². The van der Waals surface area contributed by atoms with Gasteiger partial charge in [0.05, 0.1) is 19.1 Å². The van der Waals surface area contributed by atoms with Crippen LogP contribution in [-0.4, -0.2) is 35.9 Å². The van der Waals surface area contributed by atoms with Crippen molar-refractivity contribution in [2.24, 2.45) is 4.99 Å². The highest BCUT2D eigenvalue weighted by Crippen LogP contribution is 2.41. The van der Waals surface area contributed by atoms with E-state index in [0.29, 0.717) is 33.5 Å². The number of carbonyl (C=O) groups is 1. The molecule has 1 aromatic heterocycles. The molecule has 5 rings (SSSR count). The molecule has 0 atom stereocenters. The Morgan fingerprint density at radius 2 is 1.66 bits per heavy atom. The Kier molecular flexibility index (Phi) is 5.71. The van der Waals surface area contributed by atoms with E-state index >= 15 is 0 Å². The van der Waals surface area contributed by atoms with E-state index in [1.165, 1.54) is 28.4 Å². The highest BCUT2D eigenvalue weighted by atomic mass is 32.1. The number of aliphatic imine (C=N–C) groups is 1. The van der Waals surface area contributed by atoms with Crippen molar-refractivity contribution in [1.82, 2.24) is 4.98 Å². The van der Waals surface area contributed by atoms with E-state index in [1.807, 2.05) is 30.3 Å². The van der Waals surface area contributed by atoms with E-state index in [9.17, 15) is 14.9 Å². The normalized spacial score (nSPS) is 14.5. The number of fused-ring (bicyclic) bond motifs is 1. The van der Waals surface area contributed by atoms with Crippen LogP contribution < -0.4 is 14.4 Å². The molecule has 3 aromatic carbocycles. The van der Waals surface area contributed by atoms with Gasteiger partial charge in [-0.2, -0.15) is 0 Å². The van der Waals surface area contributed by atoms with Crippen LogP contribution in [0.3, 0.4) is 0 Å². The number of amidine groups is 1. The number of carbonyl (C=O) groups excluding carboxylic acids is 1. The molecule has 1 amide bonds. The Morgan fingerprint density at radius 3 is 2.31 bits per heavy atom. The zero-order valence-corrected chi connectivity index (χ0v) is 19.5. The zero-order chi connectivity index (χ0) is 24.5. The van der Waals surface area contributed by atoms with Crippen LogP contribution in [0.1, 0.15) is 11.1 Å². The van der Waals surface area contributed by atoms with Crippen LogP contribution in [0.4, 0.5) is 10.8 Å². The third-order valence-corrected chi connectivity index (χ3v) is 6.44. The Morgan fingerprint density at radius 1 is 0.971 bits per heavy atom. The highest BCUT2D eigenvalue weighted by Gasteiger charge is 2.35. The number of rotatable bonds is 6. The van der Waals surface area contributed by atoms with E-state index in [0.717, 1.165) is 10.3 Å². The second kappa shape index (κ2) is 8.99. The van der Waals surface area contributed by atoms with Crippen LogP contribution in [0.25, 0.3) is 16.3 Å². The number of benzene rings is 3. The molecule has 0 radical (unpaired) electrons. The molecule has 0 fully saturated rings. The molecule has 35 heavy (non-hydrogen) atoms. The zero-order valence-electron chi connectivity index (χ0n) is 18.7. The van der Waals surface area contributed by atoms with Crippen LogP contribution in [-0.2, 0) is 4.79 Å². The topological polar surface area (TPSA) is 107 Å². The van der Waals surface area contributed by atoms with Gasteiger partial charge in [-0.05, 0) is 35.9 Å². The van der Waals surface area contributed by atoms with Gasteiger partial charge in [-0.1, -0.05) is 41.7 Å². The lowest BCUT2D eigenvalue weighted by Gasteiger charge is -2.14. The number of ether oxygens (including phenoxy) is 2. The van der Waals surface area contributed by atoms with Crippen molar-refractivity contribution in [3.63, 3.8) is 0 Å². The van der Waals surface area contributed by atoms with Crippen molar-refractivity contribution in [2.75, 3.05) is 19.1 Å². The standard InChI is InChI=1S/C25H18N4O5S/c1-33-19-12-13-20(34-2)22-21(19)27-25(35-22)28-23(16-6-4-3-5-7-16)26-18(24(28)30)14-15-8-10-17(11-9-15)29(31)32/h3-14H,1-2H3. The first kappa shape index (κ1) is 22.2. The van der Waals surface area contributed by atoms with Crippen LogP contribution >= 0.6 is 11.3 Å². The number of nitro benzene ring substituents is 1. The fourth-order valence-corrected chi connectivity index (χ4v) is 4.77. The van der Waals surface area contributed by atoms with Crippen LogP contribution in [0, 0.1) is 10.1 Å². The van der Waals surface area contributed by atoms with Gasteiger partial charge in [0.1, 0.15) is 33.2 Å². The van der Waals surface area contributed by atoms with E-state index in [-0.39, 0.29) is 17.3 Å². The third-order valence-electron chi connectivity index (χ3n) is 5.39. The van der Waals surface area contributed by atoms with E-state index in [4.69, 9.17) is 14.5 Å². The monoisotopic (exact) mass is 486 g/mol. The molecule has 0 spiro atoms. The van der Waals surface area contributed by atoms with Crippen LogP contribution in [0.5, 0.6) is 11.5 Å². The van der Waals surface area contributed by atoms with Gasteiger partial charge in [-0.25, -0.2) is 14.9 Å². The second-order valence-corrected chi connectivity index (χ2v) is 8.44. The molecule has 4 aromatic rings. The number of amides is 1. The first-order chi connectivity index (χ1) is 17.0. The summed E-state index contributed by atoms with van der Waals surface area (Å²) >= 11 is 1.30. The van der Waals surface area contributed by atoms with E-state index in [1.54, 1.807) is 44.6 Å². The number of nitro groups is 1. The maximum atomic E-state index is 13.6. The van der Waals surface area contributed by atoms with Crippen LogP contribution in [0.2, 0.25) is 0 Å². The average Bonchev–Trinajstić information content (AvgIpc) is 3.46. The lowest BCUT2D eigenvalue weighted by Crippen LogP contribution is -2.32. The third kappa shape index (κ3) is 4.00. The summed E-state index contributed by atoms with van der Waals surface area (Å²) in [6.07, 6.45) is 1.60. The molecule has 0 N–H and O–H groups in total. The lowest BCUT2D eigenvalue weighted by molar-refractivity contribution is -0.384. The summed E-state index contributed by atoms with van der Waals surface area (Å²) in [5, 5.41) is 11.4. The van der Waals surface area contributed by atoms with Crippen molar-refractivity contribution in [3.8, 4) is 11.5 Å². The molecule has 9 nitrogen and oxygen atoms in total. The predicted octanol–water partition coefficient (Wildman–Crippen LogP) is 5.06. The average molecular weight is 487 g/mol. The molecule has 174 valence electrons. The van der Waals surface area contributed by atoms with Crippen molar-refractivity contribution in [1.29, 1.82) is 0 Å². The number of aromatic nitrogens is 1. The van der Waals surface area contributed by atoms with E-state index in [2.05, 4.69) is 4.99 Å². The minimum atomic E-state index is -0.472. The smallest absolute Gasteiger partial charge is 0.284 e. The fraction of sp³-hybridized carbons (Fsp3) is 0.0800. The van der Waals surface area contributed by atoms with Gasteiger partial charge in [0.2, 0.25) is 0 Å². The van der Waals surface area contributed by atoms with Crippen LogP contribution in [0.15, 0.2) is 77.4 Å². The Balaban J connectivity index is 1.63. The molecule has 10 heteroatoms. The van der Waals surface area contributed by atoms with Crippen molar-refractivity contribution < 1.29 is 19.2 Å². The van der Waals surface area contributed by atoms with Gasteiger partial charge in [0.15, 0.2) is 5.13 Å². The minimum absolute atomic E-state index is 0.0302. The number of thiazole rings is 1. The highest BCUT2D eigenvalue weighted by molar-refractivity contribution is 7.23. The van der Waals surface area contributed by atoms with Crippen molar-refractivity contribution in [3.05, 3.63) is 93.7 Å². The largest absolute Gasteiger partial charge is 0.495 e. The molecule has 2 heterocycles. The maximum absolute atomic E-state index is 13.6. The van der Waals surface area contributed by atoms with Crippen molar-refractivity contribution in [2.45, 2.75) is 0 Å². The molecule has 0 saturated carbocycles. The SMILES string of the molecule is COc1ccc(OC)c2sc(N3C(=O)C(=Cc4ccc([N+](=O)[O-])cc4)N=C3c3ccccc3)nc12. The molecular weight excluding hydrogens is 468 g/mol. The second-order valence-electron chi connectivity index (χ2n) is 7.46. The minimum Gasteiger partial charge on any atom is -0.495 e. The molecule has 0 aliphatic carbocycles. The number of hydrogen-bond acceptors (Lipinski definition) is 8. The van der Waals surface area contributed by atoms with Crippen molar-refractivity contribution >= 4 is 50.2 Å². The summed E-state index contributed by atoms with van der Waals surface area (Å²) in [5.41, 5.74) is 2.10. The summed E-state index contributed by atoms with van der Waals surface area (Å²) in [5.74, 6) is 1.26. The summed E-state index contributed by atoms with van der Waals surface area (Å²) in [6, 6.07) is 18.8. The Bertz CT molecular complexity index is 1470. The number of methoxy groups -OCH3 is 2. The summed E-state index contributed by atoms with van der Waals surface area (Å²) in [6.45, 7) is 0. The Hall–Kier alpha value is -4.57. The molecule has 1 aliphatic heterocycles. The molecule has 0 saturated heterocycles. The number of nitrogens with zero attached hydrogens (tertiary/aromatic N) is 4. The first-order valence-electron chi connectivity index (χ1n) is 10.5. The molecule has 1 aliphatic rings. The quantitative estimate of drug-likeness (QED) is 0.214. The molecular formula is C25H18N4O5S. The van der Waals surface area contributed by atoms with Gasteiger partial charge in [0, 0.05) is 17.7 Å². The number of anilines is 1. The fourth-order valence-electron chi connectivity index (χ4n) is 3.70.